The van der Waals surface area contributed by atoms with Crippen molar-refractivity contribution in [1.29, 1.82) is 0 Å². The lowest BCUT2D eigenvalue weighted by molar-refractivity contribution is -0.116. The van der Waals surface area contributed by atoms with Gasteiger partial charge in [-0.15, -0.1) is 0 Å². The van der Waals surface area contributed by atoms with E-state index >= 15 is 0 Å². The number of rotatable bonds is 5. The monoisotopic (exact) mass is 458 g/mol. The van der Waals surface area contributed by atoms with Crippen LogP contribution in [0.4, 0.5) is 5.69 Å². The predicted molar refractivity (Wildman–Crippen MR) is 109 cm³/mol. The quantitative estimate of drug-likeness (QED) is 0.691. The molecule has 0 bridgehead atoms. The number of carbonyl (C=O) groups is 3. The van der Waals surface area contributed by atoms with Gasteiger partial charge in [-0.3, -0.25) is 19.3 Å². The number of nitrogens with zero attached hydrogens (tertiary/aromatic N) is 1. The van der Waals surface area contributed by atoms with Gasteiger partial charge < -0.3 is 14.8 Å². The molecule has 29 heavy (non-hydrogen) atoms. The van der Waals surface area contributed by atoms with Crippen molar-refractivity contribution in [1.82, 2.24) is 4.90 Å². The highest BCUT2D eigenvalue weighted by Crippen LogP contribution is 2.32. The molecule has 150 valence electrons. The van der Waals surface area contributed by atoms with Crippen LogP contribution in [-0.2, 0) is 4.79 Å². The number of halogens is 1. The molecule has 3 amide bonds. The Bertz CT molecular complexity index is 991. The van der Waals surface area contributed by atoms with Gasteiger partial charge in [0.05, 0.1) is 24.3 Å². The third kappa shape index (κ3) is 4.12. The van der Waals surface area contributed by atoms with Crippen LogP contribution in [0.2, 0.25) is 0 Å². The zero-order valence-electron chi connectivity index (χ0n) is 15.6. The van der Waals surface area contributed by atoms with E-state index in [1.165, 1.54) is 4.90 Å². The summed E-state index contributed by atoms with van der Waals surface area (Å²) in [6, 6.07) is 10.3. The molecule has 0 unspecified atom stereocenters. The highest BCUT2D eigenvalue weighted by atomic mass is 79.9. The van der Waals surface area contributed by atoms with Crippen molar-refractivity contribution in [2.45, 2.75) is 19.3 Å². The van der Waals surface area contributed by atoms with E-state index in [1.54, 1.807) is 36.4 Å². The number of amides is 3. The summed E-state index contributed by atoms with van der Waals surface area (Å²) in [5.41, 5.74) is 1.40. The van der Waals surface area contributed by atoms with E-state index in [0.717, 1.165) is 10.9 Å². The summed E-state index contributed by atoms with van der Waals surface area (Å²) >= 11 is 3.31. The third-order valence-corrected chi connectivity index (χ3v) is 5.24. The molecule has 2 aliphatic rings. The lowest BCUT2D eigenvalue weighted by atomic mass is 10.1. The Hall–Kier alpha value is -2.87. The van der Waals surface area contributed by atoms with Crippen molar-refractivity contribution >= 4 is 39.3 Å². The van der Waals surface area contributed by atoms with Crippen molar-refractivity contribution in [3.63, 3.8) is 0 Å². The second-order valence-corrected chi connectivity index (χ2v) is 7.73. The summed E-state index contributed by atoms with van der Waals surface area (Å²) in [7, 11) is 0. The van der Waals surface area contributed by atoms with Crippen LogP contribution in [0.3, 0.4) is 0 Å². The molecule has 0 saturated carbocycles. The average molecular weight is 459 g/mol. The molecule has 1 N–H and O–H groups in total. The molecule has 2 aliphatic heterocycles. The van der Waals surface area contributed by atoms with E-state index < -0.39 is 0 Å². The topological polar surface area (TPSA) is 84.9 Å². The van der Waals surface area contributed by atoms with Crippen molar-refractivity contribution < 1.29 is 23.9 Å². The Morgan fingerprint density at radius 1 is 1.00 bits per heavy atom. The van der Waals surface area contributed by atoms with E-state index in [4.69, 9.17) is 9.47 Å². The number of fused-ring (bicyclic) bond motifs is 2. The molecular formula is C21H19BrN2O5. The molecule has 7 nitrogen and oxygen atoms in total. The maximum Gasteiger partial charge on any atom is 0.261 e. The summed E-state index contributed by atoms with van der Waals surface area (Å²) in [4.78, 5) is 38.3. The molecule has 0 aromatic heterocycles. The van der Waals surface area contributed by atoms with Crippen LogP contribution >= 0.6 is 15.9 Å². The number of benzene rings is 2. The standard InChI is InChI=1S/C21H19BrN2O5/c22-13-4-6-15-16(11-13)21(27)24(20(15)26)8-1-3-19(25)23-14-5-7-17-18(12-14)29-10-2-9-28-17/h4-7,11-12H,1-3,8-10H2,(H,23,25). The number of imide groups is 1. The van der Waals surface area contributed by atoms with Gasteiger partial charge in [-0.2, -0.15) is 0 Å². The van der Waals surface area contributed by atoms with Crippen LogP contribution in [0.5, 0.6) is 11.5 Å². The first-order valence-electron chi connectivity index (χ1n) is 9.38. The molecule has 2 heterocycles. The highest BCUT2D eigenvalue weighted by Gasteiger charge is 2.35. The van der Waals surface area contributed by atoms with Gasteiger partial charge in [0, 0.05) is 35.6 Å². The zero-order valence-corrected chi connectivity index (χ0v) is 17.2. The summed E-state index contributed by atoms with van der Waals surface area (Å²) in [6.07, 6.45) is 1.37. The lowest BCUT2D eigenvalue weighted by Crippen LogP contribution is -2.31. The molecule has 0 aliphatic carbocycles. The second kappa shape index (κ2) is 8.24. The van der Waals surface area contributed by atoms with Gasteiger partial charge in [0.2, 0.25) is 5.91 Å². The van der Waals surface area contributed by atoms with Gasteiger partial charge in [-0.05, 0) is 36.8 Å². The summed E-state index contributed by atoms with van der Waals surface area (Å²) in [6.45, 7) is 1.37. The Morgan fingerprint density at radius 3 is 2.59 bits per heavy atom. The Morgan fingerprint density at radius 2 is 1.76 bits per heavy atom. The van der Waals surface area contributed by atoms with E-state index in [1.807, 2.05) is 0 Å². The Kier molecular flexibility index (Phi) is 5.53. The van der Waals surface area contributed by atoms with E-state index in [-0.39, 0.29) is 30.7 Å². The zero-order chi connectivity index (χ0) is 20.4. The second-order valence-electron chi connectivity index (χ2n) is 6.82. The molecular weight excluding hydrogens is 440 g/mol. The number of hydrogen-bond acceptors (Lipinski definition) is 5. The van der Waals surface area contributed by atoms with Gasteiger partial charge >= 0.3 is 0 Å². The van der Waals surface area contributed by atoms with Gasteiger partial charge in [-0.25, -0.2) is 0 Å². The summed E-state index contributed by atoms with van der Waals surface area (Å²) in [5, 5.41) is 2.82. The highest BCUT2D eigenvalue weighted by molar-refractivity contribution is 9.10. The van der Waals surface area contributed by atoms with E-state index in [0.29, 0.717) is 47.9 Å². The molecule has 2 aromatic carbocycles. The van der Waals surface area contributed by atoms with Crippen LogP contribution in [0, 0.1) is 0 Å². The van der Waals surface area contributed by atoms with Crippen LogP contribution in [0.25, 0.3) is 0 Å². The van der Waals surface area contributed by atoms with Crippen LogP contribution in [0.15, 0.2) is 40.9 Å². The van der Waals surface area contributed by atoms with Crippen LogP contribution < -0.4 is 14.8 Å². The average Bonchev–Trinajstić information content (AvgIpc) is 2.86. The predicted octanol–water partition coefficient (Wildman–Crippen LogP) is 3.63. The first kappa shape index (κ1) is 19.4. The first-order chi connectivity index (χ1) is 14.0. The van der Waals surface area contributed by atoms with E-state index in [2.05, 4.69) is 21.2 Å². The van der Waals surface area contributed by atoms with Crippen LogP contribution in [0.1, 0.15) is 40.0 Å². The fourth-order valence-corrected chi connectivity index (χ4v) is 3.69. The van der Waals surface area contributed by atoms with Gasteiger partial charge in [0.25, 0.3) is 11.8 Å². The molecule has 8 heteroatoms. The minimum atomic E-state index is -0.324. The van der Waals surface area contributed by atoms with Crippen molar-refractivity contribution in [3.8, 4) is 11.5 Å². The fraction of sp³-hybridized carbons (Fsp3) is 0.286. The summed E-state index contributed by atoms with van der Waals surface area (Å²) in [5.74, 6) is 0.435. The molecule has 0 radical (unpaired) electrons. The maximum atomic E-state index is 12.4. The number of nitrogens with one attached hydrogen (secondary N) is 1. The minimum Gasteiger partial charge on any atom is -0.490 e. The lowest BCUT2D eigenvalue weighted by Gasteiger charge is -2.14. The Labute approximate surface area is 176 Å². The molecule has 0 fully saturated rings. The first-order valence-corrected chi connectivity index (χ1v) is 10.2. The third-order valence-electron chi connectivity index (χ3n) is 4.75. The van der Waals surface area contributed by atoms with Crippen molar-refractivity contribution in [2.75, 3.05) is 25.1 Å². The molecule has 0 spiro atoms. The normalized spacial score (nSPS) is 15.1. The number of anilines is 1. The Balaban J connectivity index is 1.31. The maximum absolute atomic E-state index is 12.4. The van der Waals surface area contributed by atoms with Gasteiger partial charge in [0.15, 0.2) is 11.5 Å². The van der Waals surface area contributed by atoms with Gasteiger partial charge in [-0.1, -0.05) is 15.9 Å². The summed E-state index contributed by atoms with van der Waals surface area (Å²) < 4.78 is 11.9. The van der Waals surface area contributed by atoms with E-state index in [9.17, 15) is 14.4 Å². The molecule has 0 atom stereocenters. The minimum absolute atomic E-state index is 0.186. The van der Waals surface area contributed by atoms with Gasteiger partial charge in [0.1, 0.15) is 0 Å². The molecule has 2 aromatic rings. The SMILES string of the molecule is O=C(CCCN1C(=O)c2ccc(Br)cc2C1=O)Nc1ccc2c(c1)OCCCO2. The number of hydrogen-bond donors (Lipinski definition) is 1. The fourth-order valence-electron chi connectivity index (χ4n) is 3.33. The smallest absolute Gasteiger partial charge is 0.261 e. The number of carbonyl (C=O) groups excluding carboxylic acids is 3. The number of ether oxygens (including phenoxy) is 2. The van der Waals surface area contributed by atoms with Crippen LogP contribution in [-0.4, -0.2) is 42.4 Å². The molecule has 4 rings (SSSR count). The molecule has 0 saturated heterocycles. The largest absolute Gasteiger partial charge is 0.490 e. The van der Waals surface area contributed by atoms with Crippen molar-refractivity contribution in [2.24, 2.45) is 0 Å². The van der Waals surface area contributed by atoms with Crippen molar-refractivity contribution in [3.05, 3.63) is 52.0 Å².